The summed E-state index contributed by atoms with van der Waals surface area (Å²) in [6.45, 7) is 3.87. The number of para-hydroxylation sites is 4. The summed E-state index contributed by atoms with van der Waals surface area (Å²) in [4.78, 5) is 6.93. The van der Waals surface area contributed by atoms with Crippen LogP contribution in [0.15, 0.2) is 255 Å². The van der Waals surface area contributed by atoms with Crippen LogP contribution >= 0.6 is 0 Å². The van der Waals surface area contributed by atoms with Gasteiger partial charge in [-0.1, -0.05) is 140 Å². The Morgan fingerprint density at radius 2 is 0.500 bits per heavy atom. The van der Waals surface area contributed by atoms with Crippen LogP contribution in [0.5, 0.6) is 0 Å². The number of hydrogen-bond acceptors (Lipinski definition) is 3. The van der Waals surface area contributed by atoms with Crippen LogP contribution in [-0.2, 0) is 6.42 Å². The number of nitrogens with zero attached hydrogens (tertiary/aromatic N) is 3. The van der Waals surface area contributed by atoms with Crippen LogP contribution in [-0.4, -0.2) is 0 Å². The van der Waals surface area contributed by atoms with E-state index >= 15 is 0 Å². The van der Waals surface area contributed by atoms with Crippen LogP contribution in [0.1, 0.15) is 18.4 Å². The molecule has 0 amide bonds. The average Bonchev–Trinajstić information content (AvgIpc) is 3.35. The zero-order chi connectivity index (χ0) is 41.9. The van der Waals surface area contributed by atoms with E-state index in [2.05, 4.69) is 264 Å². The minimum atomic E-state index is 1.04. The Morgan fingerprint density at radius 3 is 0.742 bits per heavy atom. The summed E-state index contributed by atoms with van der Waals surface area (Å²) in [6.07, 6.45) is 5.21. The number of benzene rings is 9. The maximum atomic E-state index is 3.87. The second-order valence-corrected chi connectivity index (χ2v) is 15.4. The van der Waals surface area contributed by atoms with Gasteiger partial charge in [0.2, 0.25) is 0 Å². The SMILES string of the molecule is C=CCCCc1ccc(N(c2ccccc2)c2ccc(-c3ccc(N(c4ccccc4)c4ccc(-c5ccc(N(c6ccccc6)c6ccccc6)cc5)cc4)cc3)cc2)cc1. The van der Waals surface area contributed by atoms with Gasteiger partial charge in [-0.05, 0) is 156 Å². The number of rotatable bonds is 15. The number of allylic oxidation sites excluding steroid dienone is 1. The summed E-state index contributed by atoms with van der Waals surface area (Å²) in [6, 6.07) is 86.7. The fourth-order valence-electron chi connectivity index (χ4n) is 8.12. The van der Waals surface area contributed by atoms with Crippen molar-refractivity contribution in [1.82, 2.24) is 0 Å². The topological polar surface area (TPSA) is 9.72 Å². The predicted octanol–water partition coefficient (Wildman–Crippen LogP) is 16.9. The van der Waals surface area contributed by atoms with E-state index in [9.17, 15) is 0 Å². The van der Waals surface area contributed by atoms with Crippen molar-refractivity contribution in [1.29, 1.82) is 0 Å². The van der Waals surface area contributed by atoms with E-state index in [1.54, 1.807) is 0 Å². The highest BCUT2D eigenvalue weighted by Crippen LogP contribution is 2.40. The van der Waals surface area contributed by atoms with E-state index in [0.717, 1.165) is 70.4 Å². The van der Waals surface area contributed by atoms with Gasteiger partial charge in [0.15, 0.2) is 0 Å². The maximum absolute atomic E-state index is 3.87. The smallest absolute Gasteiger partial charge is 0.0462 e. The molecule has 0 aromatic heterocycles. The van der Waals surface area contributed by atoms with Crippen molar-refractivity contribution in [2.45, 2.75) is 19.3 Å². The van der Waals surface area contributed by atoms with Gasteiger partial charge in [-0.2, -0.15) is 0 Å². The second-order valence-electron chi connectivity index (χ2n) is 15.4. The maximum Gasteiger partial charge on any atom is 0.0462 e. The summed E-state index contributed by atoms with van der Waals surface area (Å²) in [7, 11) is 0. The molecular weight excluding hydrogens is 751 g/mol. The molecule has 0 bridgehead atoms. The van der Waals surface area contributed by atoms with Crippen LogP contribution in [0.4, 0.5) is 51.2 Å². The van der Waals surface area contributed by atoms with Crippen LogP contribution in [0.2, 0.25) is 0 Å². The molecule has 0 saturated carbocycles. The lowest BCUT2D eigenvalue weighted by Gasteiger charge is -2.26. The Hall–Kier alpha value is -7.88. The first kappa shape index (κ1) is 39.6. The summed E-state index contributed by atoms with van der Waals surface area (Å²) in [5, 5.41) is 0. The quantitative estimate of drug-likeness (QED) is 0.0755. The minimum Gasteiger partial charge on any atom is -0.311 e. The molecular formula is C59H49N3. The van der Waals surface area contributed by atoms with Crippen molar-refractivity contribution < 1.29 is 0 Å². The molecule has 9 aromatic carbocycles. The number of aryl methyl sites for hydroxylation is 1. The Morgan fingerprint density at radius 1 is 0.274 bits per heavy atom. The van der Waals surface area contributed by atoms with Crippen molar-refractivity contribution in [2.24, 2.45) is 0 Å². The molecule has 9 rings (SSSR count). The van der Waals surface area contributed by atoms with Crippen molar-refractivity contribution >= 4 is 51.2 Å². The van der Waals surface area contributed by atoms with E-state index in [-0.39, 0.29) is 0 Å². The molecule has 0 spiro atoms. The van der Waals surface area contributed by atoms with Crippen LogP contribution in [0, 0.1) is 0 Å². The number of hydrogen-bond donors (Lipinski definition) is 0. The lowest BCUT2D eigenvalue weighted by Crippen LogP contribution is -2.10. The summed E-state index contributed by atoms with van der Waals surface area (Å²) < 4.78 is 0. The first-order valence-electron chi connectivity index (χ1n) is 21.4. The van der Waals surface area contributed by atoms with E-state index in [1.807, 2.05) is 6.08 Å². The normalized spacial score (nSPS) is 10.8. The Labute approximate surface area is 366 Å². The van der Waals surface area contributed by atoms with E-state index in [1.165, 1.54) is 27.8 Å². The largest absolute Gasteiger partial charge is 0.311 e. The second kappa shape index (κ2) is 19.0. The van der Waals surface area contributed by atoms with Crippen molar-refractivity contribution in [3.05, 3.63) is 261 Å². The molecule has 0 N–H and O–H groups in total. The molecule has 0 aliphatic rings. The van der Waals surface area contributed by atoms with Gasteiger partial charge in [0.25, 0.3) is 0 Å². The zero-order valence-electron chi connectivity index (χ0n) is 34.8. The summed E-state index contributed by atoms with van der Waals surface area (Å²) >= 11 is 0. The Balaban J connectivity index is 0.952. The molecule has 0 aliphatic heterocycles. The van der Waals surface area contributed by atoms with Crippen LogP contribution in [0.25, 0.3) is 22.3 Å². The molecule has 3 nitrogen and oxygen atoms in total. The average molecular weight is 800 g/mol. The van der Waals surface area contributed by atoms with Crippen molar-refractivity contribution in [3.63, 3.8) is 0 Å². The fourth-order valence-corrected chi connectivity index (χ4v) is 8.12. The molecule has 0 heterocycles. The fraction of sp³-hybridized carbons (Fsp3) is 0.0508. The van der Waals surface area contributed by atoms with Gasteiger partial charge >= 0.3 is 0 Å². The van der Waals surface area contributed by atoms with Crippen LogP contribution < -0.4 is 14.7 Å². The van der Waals surface area contributed by atoms with Gasteiger partial charge in [-0.25, -0.2) is 0 Å². The third kappa shape index (κ3) is 8.99. The summed E-state index contributed by atoms with van der Waals surface area (Å²) in [5.74, 6) is 0. The predicted molar refractivity (Wildman–Crippen MR) is 264 cm³/mol. The number of anilines is 9. The first-order valence-corrected chi connectivity index (χ1v) is 21.4. The molecule has 0 saturated heterocycles. The molecule has 0 atom stereocenters. The third-order valence-corrected chi connectivity index (χ3v) is 11.3. The minimum absolute atomic E-state index is 1.04. The van der Waals surface area contributed by atoms with Gasteiger partial charge in [-0.15, -0.1) is 6.58 Å². The third-order valence-electron chi connectivity index (χ3n) is 11.3. The van der Waals surface area contributed by atoms with Crippen molar-refractivity contribution in [2.75, 3.05) is 14.7 Å². The zero-order valence-corrected chi connectivity index (χ0v) is 34.8. The van der Waals surface area contributed by atoms with Gasteiger partial charge in [0.1, 0.15) is 0 Å². The highest BCUT2D eigenvalue weighted by atomic mass is 15.2. The molecule has 300 valence electrons. The lowest BCUT2D eigenvalue weighted by molar-refractivity contribution is 0.844. The van der Waals surface area contributed by atoms with Gasteiger partial charge in [0, 0.05) is 51.2 Å². The lowest BCUT2D eigenvalue weighted by atomic mass is 10.0. The molecule has 0 aliphatic carbocycles. The molecule has 3 heteroatoms. The van der Waals surface area contributed by atoms with Gasteiger partial charge in [-0.3, -0.25) is 0 Å². The first-order chi connectivity index (χ1) is 30.7. The molecule has 0 unspecified atom stereocenters. The van der Waals surface area contributed by atoms with E-state index in [4.69, 9.17) is 0 Å². The molecule has 0 radical (unpaired) electrons. The standard InChI is InChI=1S/C59H49N3/c1-2-3-8-17-46-26-36-55(37-27-46)61(53-22-13-6-14-23-53)57-40-30-48(31-41-57)50-34-44-59(45-35-50)62(54-24-15-7-16-25-54)58-42-32-49(33-43-58)47-28-38-56(39-29-47)60(51-18-9-4-10-19-51)52-20-11-5-12-21-52/h2,4-7,9-16,18-45H,1,3,8,17H2. The number of unbranched alkanes of at least 4 members (excludes halogenated alkanes) is 1. The summed E-state index contributed by atoms with van der Waals surface area (Å²) in [5.41, 5.74) is 16.1. The molecule has 9 aromatic rings. The van der Waals surface area contributed by atoms with E-state index < -0.39 is 0 Å². The Kier molecular flexibility index (Phi) is 12.1. The molecule has 62 heavy (non-hydrogen) atoms. The highest BCUT2D eigenvalue weighted by Gasteiger charge is 2.16. The highest BCUT2D eigenvalue weighted by molar-refractivity contribution is 5.83. The monoisotopic (exact) mass is 799 g/mol. The van der Waals surface area contributed by atoms with Crippen molar-refractivity contribution in [3.8, 4) is 22.3 Å². The van der Waals surface area contributed by atoms with Gasteiger partial charge < -0.3 is 14.7 Å². The van der Waals surface area contributed by atoms with Gasteiger partial charge in [0.05, 0.1) is 0 Å². The van der Waals surface area contributed by atoms with Crippen LogP contribution in [0.3, 0.4) is 0 Å². The van der Waals surface area contributed by atoms with E-state index in [0.29, 0.717) is 0 Å². The molecule has 0 fully saturated rings. The Bertz CT molecular complexity index is 2730.